The summed E-state index contributed by atoms with van der Waals surface area (Å²) in [6, 6.07) is 0. The Morgan fingerprint density at radius 2 is 1.88 bits per heavy atom. The summed E-state index contributed by atoms with van der Waals surface area (Å²) < 4.78 is 5.75. The number of nitrogens with zero attached hydrogens (tertiary/aromatic N) is 3. The lowest BCUT2D eigenvalue weighted by atomic mass is 9.94. The van der Waals surface area contributed by atoms with E-state index in [2.05, 4.69) is 41.4 Å². The lowest BCUT2D eigenvalue weighted by Crippen LogP contribution is -2.40. The largest absolute Gasteiger partial charge is 0.443 e. The van der Waals surface area contributed by atoms with Crippen LogP contribution in [-0.2, 0) is 16.8 Å². The Bertz CT molecular complexity index is 562. The maximum absolute atomic E-state index is 12.0. The molecule has 26 heavy (non-hydrogen) atoms. The quantitative estimate of drug-likeness (QED) is 0.341. The van der Waals surface area contributed by atoms with Crippen LogP contribution in [0.4, 0.5) is 0 Å². The highest BCUT2D eigenvalue weighted by molar-refractivity contribution is 14.0. The van der Waals surface area contributed by atoms with Crippen molar-refractivity contribution in [2.24, 2.45) is 4.99 Å². The van der Waals surface area contributed by atoms with Gasteiger partial charge in [0.1, 0.15) is 12.3 Å². The van der Waals surface area contributed by atoms with E-state index in [-0.39, 0.29) is 35.3 Å². The predicted molar refractivity (Wildman–Crippen MR) is 116 cm³/mol. The lowest BCUT2D eigenvalue weighted by molar-refractivity contribution is -0.130. The van der Waals surface area contributed by atoms with Gasteiger partial charge in [-0.1, -0.05) is 20.8 Å². The van der Waals surface area contributed by atoms with Crippen LogP contribution in [-0.4, -0.2) is 47.9 Å². The molecule has 0 aliphatic heterocycles. The number of rotatable bonds is 8. The molecule has 0 bridgehead atoms. The molecule has 1 aromatic rings. The van der Waals surface area contributed by atoms with Crippen LogP contribution in [0.15, 0.2) is 15.6 Å². The van der Waals surface area contributed by atoms with Crippen LogP contribution in [0.5, 0.6) is 0 Å². The number of halogens is 1. The van der Waals surface area contributed by atoms with Crippen LogP contribution in [0.25, 0.3) is 0 Å². The van der Waals surface area contributed by atoms with E-state index >= 15 is 0 Å². The van der Waals surface area contributed by atoms with Crippen molar-refractivity contribution in [3.8, 4) is 0 Å². The first-order chi connectivity index (χ1) is 11.8. The third kappa shape index (κ3) is 8.37. The lowest BCUT2D eigenvalue weighted by Gasteiger charge is -2.19. The highest BCUT2D eigenvalue weighted by atomic mass is 127. The molecule has 1 heterocycles. The van der Waals surface area contributed by atoms with Crippen molar-refractivity contribution in [2.45, 2.75) is 59.9 Å². The van der Waals surface area contributed by atoms with Crippen LogP contribution < -0.4 is 10.6 Å². The van der Waals surface area contributed by atoms with Gasteiger partial charge in [0.05, 0.1) is 6.20 Å². The normalized spacial score (nSPS) is 11.7. The van der Waals surface area contributed by atoms with Crippen molar-refractivity contribution >= 4 is 35.8 Å². The first kappa shape index (κ1) is 24.7. The zero-order chi connectivity index (χ0) is 18.9. The number of nitrogens with one attached hydrogen (secondary N) is 2. The molecule has 0 aliphatic rings. The third-order valence-corrected chi connectivity index (χ3v) is 3.76. The average Bonchev–Trinajstić information content (AvgIpc) is 3.03. The van der Waals surface area contributed by atoms with Gasteiger partial charge in [-0.05, 0) is 20.8 Å². The minimum atomic E-state index is -0.0670. The van der Waals surface area contributed by atoms with Crippen molar-refractivity contribution in [3.05, 3.63) is 17.8 Å². The summed E-state index contributed by atoms with van der Waals surface area (Å²) >= 11 is 0. The third-order valence-electron chi connectivity index (χ3n) is 3.76. The number of carbonyl (C=O) groups is 1. The Hall–Kier alpha value is -1.32. The minimum absolute atomic E-state index is 0. The number of carbonyl (C=O) groups excluding carboxylic acids is 1. The maximum Gasteiger partial charge on any atom is 0.224 e. The molecule has 0 fully saturated rings. The monoisotopic (exact) mass is 479 g/mol. The van der Waals surface area contributed by atoms with Crippen molar-refractivity contribution in [3.63, 3.8) is 0 Å². The molecule has 1 amide bonds. The van der Waals surface area contributed by atoms with E-state index in [1.807, 2.05) is 25.7 Å². The van der Waals surface area contributed by atoms with Gasteiger partial charge in [0.2, 0.25) is 11.8 Å². The standard InChI is InChI=1S/C18H33N5O2.HI/c1-7-19-17(20-11-10-16(24)23(8-2)9-3)22-13-15-21-12-14(25-15)18(4,5)6;/h12H,7-11,13H2,1-6H3,(H2,19,20,22);1H. The second kappa shape index (κ2) is 12.1. The molecule has 7 nitrogen and oxygen atoms in total. The van der Waals surface area contributed by atoms with E-state index in [1.54, 1.807) is 6.20 Å². The summed E-state index contributed by atoms with van der Waals surface area (Å²) in [5.41, 5.74) is -0.0670. The summed E-state index contributed by atoms with van der Waals surface area (Å²) in [5, 5.41) is 6.35. The van der Waals surface area contributed by atoms with E-state index in [9.17, 15) is 4.79 Å². The molecule has 0 aliphatic carbocycles. The molecule has 150 valence electrons. The molecule has 2 N–H and O–H groups in total. The minimum Gasteiger partial charge on any atom is -0.443 e. The van der Waals surface area contributed by atoms with Crippen LogP contribution >= 0.6 is 24.0 Å². The zero-order valence-electron chi connectivity index (χ0n) is 16.9. The topological polar surface area (TPSA) is 82.8 Å². The number of hydrogen-bond acceptors (Lipinski definition) is 4. The maximum atomic E-state index is 12.0. The SMILES string of the molecule is CCNC(=NCc1ncc(C(C)(C)C)o1)NCCC(=O)N(CC)CC.I. The van der Waals surface area contributed by atoms with Gasteiger partial charge in [-0.3, -0.25) is 4.79 Å². The molecular formula is C18H34IN5O2. The van der Waals surface area contributed by atoms with Gasteiger partial charge in [0.15, 0.2) is 5.96 Å². The second-order valence-corrected chi connectivity index (χ2v) is 6.81. The fourth-order valence-corrected chi connectivity index (χ4v) is 2.24. The molecular weight excluding hydrogens is 445 g/mol. The first-order valence-corrected chi connectivity index (χ1v) is 9.06. The van der Waals surface area contributed by atoms with Crippen LogP contribution in [0.3, 0.4) is 0 Å². The van der Waals surface area contributed by atoms with E-state index in [1.165, 1.54) is 0 Å². The summed E-state index contributed by atoms with van der Waals surface area (Å²) in [5.74, 6) is 2.24. The zero-order valence-corrected chi connectivity index (χ0v) is 19.2. The van der Waals surface area contributed by atoms with Gasteiger partial charge < -0.3 is 20.0 Å². The number of oxazole rings is 1. The molecule has 8 heteroatoms. The van der Waals surface area contributed by atoms with E-state index in [0.29, 0.717) is 31.4 Å². The molecule has 0 spiro atoms. The number of amides is 1. The molecule has 1 rings (SSSR count). The van der Waals surface area contributed by atoms with Gasteiger partial charge >= 0.3 is 0 Å². The van der Waals surface area contributed by atoms with Crippen molar-refractivity contribution in [1.29, 1.82) is 0 Å². The average molecular weight is 479 g/mol. The van der Waals surface area contributed by atoms with Gasteiger partial charge in [-0.2, -0.15) is 0 Å². The highest BCUT2D eigenvalue weighted by Gasteiger charge is 2.19. The van der Waals surface area contributed by atoms with E-state index < -0.39 is 0 Å². The molecule has 0 atom stereocenters. The fourth-order valence-electron chi connectivity index (χ4n) is 2.24. The van der Waals surface area contributed by atoms with Gasteiger partial charge in [-0.15, -0.1) is 24.0 Å². The molecule has 0 aromatic carbocycles. The first-order valence-electron chi connectivity index (χ1n) is 9.06. The van der Waals surface area contributed by atoms with Crippen molar-refractivity contribution in [2.75, 3.05) is 26.2 Å². The van der Waals surface area contributed by atoms with Crippen molar-refractivity contribution in [1.82, 2.24) is 20.5 Å². The number of aliphatic imine (C=N–C) groups is 1. The van der Waals surface area contributed by atoms with Gasteiger partial charge in [0, 0.05) is 38.0 Å². The number of hydrogen-bond donors (Lipinski definition) is 2. The van der Waals surface area contributed by atoms with Crippen molar-refractivity contribution < 1.29 is 9.21 Å². The van der Waals surface area contributed by atoms with Crippen LogP contribution in [0, 0.1) is 0 Å². The Morgan fingerprint density at radius 1 is 1.23 bits per heavy atom. The van der Waals surface area contributed by atoms with Crippen LogP contribution in [0.1, 0.15) is 59.6 Å². The molecule has 1 aromatic heterocycles. The van der Waals surface area contributed by atoms with E-state index in [0.717, 1.165) is 25.4 Å². The Labute approximate surface area is 174 Å². The van der Waals surface area contributed by atoms with Gasteiger partial charge in [-0.25, -0.2) is 9.98 Å². The summed E-state index contributed by atoms with van der Waals surface area (Å²) in [4.78, 5) is 22.6. The molecule has 0 radical (unpaired) electrons. The Morgan fingerprint density at radius 3 is 2.38 bits per heavy atom. The predicted octanol–water partition coefficient (Wildman–Crippen LogP) is 2.90. The molecule has 0 saturated carbocycles. The second-order valence-electron chi connectivity index (χ2n) is 6.81. The smallest absolute Gasteiger partial charge is 0.224 e. The van der Waals surface area contributed by atoms with Crippen LogP contribution in [0.2, 0.25) is 0 Å². The number of aromatic nitrogens is 1. The Balaban J connectivity index is 0.00000625. The van der Waals surface area contributed by atoms with Gasteiger partial charge in [0.25, 0.3) is 0 Å². The molecule has 0 saturated heterocycles. The molecule has 0 unspecified atom stereocenters. The summed E-state index contributed by atoms with van der Waals surface area (Å²) in [6.07, 6.45) is 2.20. The number of guanidine groups is 1. The Kier molecular flexibility index (Phi) is 11.5. The summed E-state index contributed by atoms with van der Waals surface area (Å²) in [6.45, 7) is 15.3. The summed E-state index contributed by atoms with van der Waals surface area (Å²) in [7, 11) is 0. The van der Waals surface area contributed by atoms with E-state index in [4.69, 9.17) is 4.42 Å². The fraction of sp³-hybridized carbons (Fsp3) is 0.722. The highest BCUT2D eigenvalue weighted by Crippen LogP contribution is 2.22.